The van der Waals surface area contributed by atoms with Crippen LogP contribution in [0.3, 0.4) is 0 Å². The molecule has 186 valence electrons. The molecule has 0 bridgehead atoms. The normalized spacial score (nSPS) is 10.5. The van der Waals surface area contributed by atoms with E-state index in [2.05, 4.69) is 25.3 Å². The van der Waals surface area contributed by atoms with Gasteiger partial charge in [-0.1, -0.05) is 30.3 Å². The lowest BCUT2D eigenvalue weighted by atomic mass is 9.98. The first kappa shape index (κ1) is 25.1. The highest BCUT2D eigenvalue weighted by Gasteiger charge is 2.19. The number of esters is 1. The van der Waals surface area contributed by atoms with Gasteiger partial charge in [-0.3, -0.25) is 9.59 Å². The molecule has 0 atom stereocenters. The van der Waals surface area contributed by atoms with Crippen LogP contribution in [-0.2, 0) is 11.3 Å². The summed E-state index contributed by atoms with van der Waals surface area (Å²) in [5, 5.41) is 5.29. The fourth-order valence-corrected chi connectivity index (χ4v) is 3.57. The smallest absolute Gasteiger partial charge is 0.341 e. The minimum atomic E-state index is -0.875. The van der Waals surface area contributed by atoms with E-state index in [1.54, 1.807) is 18.2 Å². The number of anilines is 1. The van der Waals surface area contributed by atoms with Gasteiger partial charge in [0.25, 0.3) is 11.8 Å². The molecule has 0 aliphatic carbocycles. The minimum Gasteiger partial charge on any atom is -0.465 e. The quantitative estimate of drug-likeness (QED) is 0.363. The highest BCUT2D eigenvalue weighted by atomic mass is 19.1. The van der Waals surface area contributed by atoms with Crippen LogP contribution in [0.15, 0.2) is 79.4 Å². The molecule has 3 aromatic carbocycles. The number of aromatic nitrogens is 2. The van der Waals surface area contributed by atoms with E-state index in [0.717, 1.165) is 19.2 Å². The molecule has 0 saturated heterocycles. The third-order valence-corrected chi connectivity index (χ3v) is 5.41. The van der Waals surface area contributed by atoms with Crippen LogP contribution in [0.1, 0.15) is 36.6 Å². The van der Waals surface area contributed by atoms with Gasteiger partial charge in [0.2, 0.25) is 0 Å². The summed E-state index contributed by atoms with van der Waals surface area (Å²) in [6, 6.07) is 14.4. The Morgan fingerprint density at radius 2 is 1.62 bits per heavy atom. The summed E-state index contributed by atoms with van der Waals surface area (Å²) in [4.78, 5) is 44.5. The van der Waals surface area contributed by atoms with Gasteiger partial charge in [0.15, 0.2) is 0 Å². The van der Waals surface area contributed by atoms with E-state index in [4.69, 9.17) is 0 Å². The number of methoxy groups -OCH3 is 1. The van der Waals surface area contributed by atoms with E-state index >= 15 is 0 Å². The Morgan fingerprint density at radius 1 is 0.865 bits per heavy atom. The highest BCUT2D eigenvalue weighted by molar-refractivity contribution is 6.04. The van der Waals surface area contributed by atoms with E-state index in [9.17, 15) is 23.2 Å². The predicted molar refractivity (Wildman–Crippen MR) is 131 cm³/mol. The fourth-order valence-electron chi connectivity index (χ4n) is 3.57. The lowest BCUT2D eigenvalue weighted by Gasteiger charge is -2.12. The monoisotopic (exact) mass is 502 g/mol. The van der Waals surface area contributed by atoms with E-state index < -0.39 is 29.4 Å². The summed E-state index contributed by atoms with van der Waals surface area (Å²) in [5.41, 5.74) is 1.24. The molecular formula is C27H20F2N4O4. The summed E-state index contributed by atoms with van der Waals surface area (Å²) >= 11 is 0. The maximum absolute atomic E-state index is 14.9. The zero-order valence-corrected chi connectivity index (χ0v) is 19.5. The molecule has 4 aromatic rings. The topological polar surface area (TPSA) is 110 Å². The van der Waals surface area contributed by atoms with Crippen LogP contribution in [-0.4, -0.2) is 34.9 Å². The van der Waals surface area contributed by atoms with Crippen molar-refractivity contribution < 1.29 is 27.9 Å². The standard InChI is InChI=1S/C27H20F2N4O4/c1-37-27(36)24-21(6-3-7-22(24)28)16-8-9-18(23(29)11-16)14-32-25(34)17-4-2-5-20(10-17)33-26(35)19-12-30-15-31-13-19/h2-13,15H,14H2,1H3,(H,32,34)(H,33,35). The second-order valence-electron chi connectivity index (χ2n) is 7.80. The average Bonchev–Trinajstić information content (AvgIpc) is 2.92. The third kappa shape index (κ3) is 5.81. The van der Waals surface area contributed by atoms with Crippen LogP contribution < -0.4 is 10.6 Å². The molecule has 10 heteroatoms. The Balaban J connectivity index is 1.45. The lowest BCUT2D eigenvalue weighted by Crippen LogP contribution is -2.23. The zero-order chi connectivity index (χ0) is 26.4. The molecule has 1 heterocycles. The zero-order valence-electron chi connectivity index (χ0n) is 19.5. The number of halogens is 2. The molecule has 0 unspecified atom stereocenters. The summed E-state index contributed by atoms with van der Waals surface area (Å²) in [5.74, 6) is -3.23. The summed E-state index contributed by atoms with van der Waals surface area (Å²) in [7, 11) is 1.13. The largest absolute Gasteiger partial charge is 0.465 e. The SMILES string of the molecule is COC(=O)c1c(F)cccc1-c1ccc(CNC(=O)c2cccc(NC(=O)c3cncnc3)c2)c(F)c1. The minimum absolute atomic E-state index is 0.129. The Kier molecular flexibility index (Phi) is 7.58. The number of carbonyl (C=O) groups is 3. The van der Waals surface area contributed by atoms with Crippen molar-refractivity contribution in [3.05, 3.63) is 113 Å². The van der Waals surface area contributed by atoms with E-state index in [1.807, 2.05) is 0 Å². The van der Waals surface area contributed by atoms with Crippen molar-refractivity contribution in [3.63, 3.8) is 0 Å². The maximum Gasteiger partial charge on any atom is 0.341 e. The highest BCUT2D eigenvalue weighted by Crippen LogP contribution is 2.28. The number of rotatable bonds is 7. The Labute approximate surface area is 210 Å². The number of hydrogen-bond donors (Lipinski definition) is 2. The molecular weight excluding hydrogens is 482 g/mol. The van der Waals surface area contributed by atoms with Gasteiger partial charge >= 0.3 is 5.97 Å². The number of ether oxygens (including phenoxy) is 1. The van der Waals surface area contributed by atoms with E-state index in [1.165, 1.54) is 49.1 Å². The van der Waals surface area contributed by atoms with Crippen LogP contribution in [0, 0.1) is 11.6 Å². The van der Waals surface area contributed by atoms with Crippen LogP contribution in [0.2, 0.25) is 0 Å². The molecule has 0 aliphatic rings. The van der Waals surface area contributed by atoms with Gasteiger partial charge in [-0.25, -0.2) is 23.5 Å². The Hall–Kier alpha value is -4.99. The first-order chi connectivity index (χ1) is 17.9. The fraction of sp³-hybridized carbons (Fsp3) is 0.0741. The van der Waals surface area contributed by atoms with Crippen molar-refractivity contribution in [1.82, 2.24) is 15.3 Å². The third-order valence-electron chi connectivity index (χ3n) is 5.41. The van der Waals surface area contributed by atoms with E-state index in [0.29, 0.717) is 5.69 Å². The summed E-state index contributed by atoms with van der Waals surface area (Å²) < 4.78 is 33.7. The van der Waals surface area contributed by atoms with Gasteiger partial charge in [0.05, 0.1) is 12.7 Å². The van der Waals surface area contributed by atoms with Crippen molar-refractivity contribution in [2.75, 3.05) is 12.4 Å². The van der Waals surface area contributed by atoms with E-state index in [-0.39, 0.29) is 39.9 Å². The molecule has 0 radical (unpaired) electrons. The average molecular weight is 502 g/mol. The van der Waals surface area contributed by atoms with Crippen molar-refractivity contribution in [1.29, 1.82) is 0 Å². The van der Waals surface area contributed by atoms with Gasteiger partial charge in [0.1, 0.15) is 23.5 Å². The number of benzene rings is 3. The van der Waals surface area contributed by atoms with Crippen LogP contribution in [0.4, 0.5) is 14.5 Å². The van der Waals surface area contributed by atoms with Gasteiger partial charge in [-0.05, 0) is 41.5 Å². The summed E-state index contributed by atoms with van der Waals surface area (Å²) in [6.45, 7) is -0.129. The van der Waals surface area contributed by atoms with Crippen LogP contribution in [0.25, 0.3) is 11.1 Å². The molecule has 0 fully saturated rings. The number of carbonyl (C=O) groups excluding carboxylic acids is 3. The van der Waals surface area contributed by atoms with Crippen molar-refractivity contribution in [2.45, 2.75) is 6.54 Å². The van der Waals surface area contributed by atoms with Gasteiger partial charge in [0, 0.05) is 35.8 Å². The summed E-state index contributed by atoms with van der Waals surface area (Å²) in [6.07, 6.45) is 4.03. The number of nitrogens with zero attached hydrogens (tertiary/aromatic N) is 2. The second kappa shape index (κ2) is 11.2. The van der Waals surface area contributed by atoms with Crippen LogP contribution in [0.5, 0.6) is 0 Å². The molecule has 0 spiro atoms. The van der Waals surface area contributed by atoms with Gasteiger partial charge < -0.3 is 15.4 Å². The number of amides is 2. The first-order valence-electron chi connectivity index (χ1n) is 11.0. The molecule has 8 nitrogen and oxygen atoms in total. The Morgan fingerprint density at radius 3 is 2.35 bits per heavy atom. The first-order valence-corrected chi connectivity index (χ1v) is 11.0. The lowest BCUT2D eigenvalue weighted by molar-refractivity contribution is 0.0596. The molecule has 2 amide bonds. The predicted octanol–water partition coefficient (Wildman–Crippen LogP) is 4.39. The van der Waals surface area contributed by atoms with Gasteiger partial charge in [-0.15, -0.1) is 0 Å². The molecule has 37 heavy (non-hydrogen) atoms. The molecule has 2 N–H and O–H groups in total. The molecule has 0 saturated carbocycles. The Bertz CT molecular complexity index is 1480. The van der Waals surface area contributed by atoms with Crippen LogP contribution >= 0.6 is 0 Å². The number of hydrogen-bond acceptors (Lipinski definition) is 6. The van der Waals surface area contributed by atoms with Crippen molar-refractivity contribution >= 4 is 23.5 Å². The maximum atomic E-state index is 14.9. The van der Waals surface area contributed by atoms with Crippen molar-refractivity contribution in [3.8, 4) is 11.1 Å². The molecule has 1 aromatic heterocycles. The van der Waals surface area contributed by atoms with Crippen molar-refractivity contribution in [2.24, 2.45) is 0 Å². The molecule has 0 aliphatic heterocycles. The molecule has 4 rings (SSSR count). The number of nitrogens with one attached hydrogen (secondary N) is 2. The second-order valence-corrected chi connectivity index (χ2v) is 7.80. The van der Waals surface area contributed by atoms with Gasteiger partial charge in [-0.2, -0.15) is 0 Å².